The fourth-order valence-electron chi connectivity index (χ4n) is 1.12. The van der Waals surface area contributed by atoms with Gasteiger partial charge in [0.25, 0.3) is 0 Å². The summed E-state index contributed by atoms with van der Waals surface area (Å²) in [5.41, 5.74) is 0.307. The van der Waals surface area contributed by atoms with Gasteiger partial charge in [0, 0.05) is 11.3 Å². The van der Waals surface area contributed by atoms with Gasteiger partial charge in [0.15, 0.2) is 0 Å². The summed E-state index contributed by atoms with van der Waals surface area (Å²) in [7, 11) is 0. The third-order valence-electron chi connectivity index (χ3n) is 2.45. The molecule has 0 radical (unpaired) electrons. The first-order chi connectivity index (χ1) is 4.25. The van der Waals surface area contributed by atoms with E-state index in [1.807, 2.05) is 0 Å². The van der Waals surface area contributed by atoms with Crippen molar-refractivity contribution in [2.24, 2.45) is 5.41 Å². The SMILES string of the molecule is CCC1(CCl)COC1C. The monoisotopic (exact) mass is 148 g/mol. The van der Waals surface area contributed by atoms with Crippen molar-refractivity contribution in [3.63, 3.8) is 0 Å². The Hall–Kier alpha value is 0.250. The van der Waals surface area contributed by atoms with Crippen LogP contribution in [-0.4, -0.2) is 18.6 Å². The van der Waals surface area contributed by atoms with Gasteiger partial charge in [-0.05, 0) is 13.3 Å². The summed E-state index contributed by atoms with van der Waals surface area (Å²) in [5, 5.41) is 0. The average molecular weight is 149 g/mol. The number of halogens is 1. The molecule has 1 nitrogen and oxygen atoms in total. The highest BCUT2D eigenvalue weighted by molar-refractivity contribution is 6.18. The van der Waals surface area contributed by atoms with E-state index in [1.165, 1.54) is 0 Å². The van der Waals surface area contributed by atoms with Crippen molar-refractivity contribution < 1.29 is 4.74 Å². The Morgan fingerprint density at radius 2 is 2.44 bits per heavy atom. The molecule has 54 valence electrons. The highest BCUT2D eigenvalue weighted by Crippen LogP contribution is 2.38. The van der Waals surface area contributed by atoms with Crippen LogP contribution >= 0.6 is 11.6 Å². The Labute approximate surface area is 61.3 Å². The zero-order valence-corrected chi connectivity index (χ0v) is 6.74. The largest absolute Gasteiger partial charge is 0.377 e. The molecule has 2 unspecified atom stereocenters. The number of alkyl halides is 1. The molecule has 9 heavy (non-hydrogen) atoms. The molecule has 0 bridgehead atoms. The van der Waals surface area contributed by atoms with Crippen LogP contribution in [0, 0.1) is 5.41 Å². The molecule has 0 aromatic carbocycles. The fraction of sp³-hybridized carbons (Fsp3) is 1.00. The summed E-state index contributed by atoms with van der Waals surface area (Å²) in [6, 6.07) is 0. The Morgan fingerprint density at radius 3 is 2.44 bits per heavy atom. The van der Waals surface area contributed by atoms with Gasteiger partial charge in [-0.2, -0.15) is 0 Å². The van der Waals surface area contributed by atoms with E-state index in [4.69, 9.17) is 16.3 Å². The molecule has 1 aliphatic heterocycles. The maximum atomic E-state index is 5.78. The van der Waals surface area contributed by atoms with E-state index >= 15 is 0 Å². The minimum absolute atomic E-state index is 0.307. The first kappa shape index (κ1) is 7.36. The first-order valence-electron chi connectivity index (χ1n) is 3.43. The van der Waals surface area contributed by atoms with Gasteiger partial charge in [0.2, 0.25) is 0 Å². The second-order valence-electron chi connectivity index (χ2n) is 2.80. The van der Waals surface area contributed by atoms with E-state index in [1.54, 1.807) is 0 Å². The number of hydrogen-bond acceptors (Lipinski definition) is 1. The maximum absolute atomic E-state index is 5.78. The Morgan fingerprint density at radius 1 is 1.78 bits per heavy atom. The smallest absolute Gasteiger partial charge is 0.0636 e. The van der Waals surface area contributed by atoms with Gasteiger partial charge in [0.05, 0.1) is 12.7 Å². The second-order valence-corrected chi connectivity index (χ2v) is 3.07. The number of ether oxygens (including phenoxy) is 1. The van der Waals surface area contributed by atoms with Gasteiger partial charge < -0.3 is 4.74 Å². The summed E-state index contributed by atoms with van der Waals surface area (Å²) in [4.78, 5) is 0. The maximum Gasteiger partial charge on any atom is 0.0636 e. The van der Waals surface area contributed by atoms with Gasteiger partial charge in [-0.15, -0.1) is 11.6 Å². The topological polar surface area (TPSA) is 9.23 Å². The normalized spacial score (nSPS) is 42.3. The zero-order valence-electron chi connectivity index (χ0n) is 5.98. The molecule has 1 saturated heterocycles. The number of rotatable bonds is 2. The van der Waals surface area contributed by atoms with Gasteiger partial charge in [-0.25, -0.2) is 0 Å². The second kappa shape index (κ2) is 2.47. The molecule has 1 fully saturated rings. The van der Waals surface area contributed by atoms with Crippen LogP contribution in [0.4, 0.5) is 0 Å². The molecule has 1 aliphatic rings. The third kappa shape index (κ3) is 0.968. The highest BCUT2D eigenvalue weighted by Gasteiger charge is 2.43. The molecule has 2 heteroatoms. The van der Waals surface area contributed by atoms with Crippen LogP contribution < -0.4 is 0 Å². The first-order valence-corrected chi connectivity index (χ1v) is 3.96. The lowest BCUT2D eigenvalue weighted by Gasteiger charge is -2.46. The standard InChI is InChI=1S/C7H13ClO/c1-3-7(4-8)5-9-6(7)2/h6H,3-5H2,1-2H3. The van der Waals surface area contributed by atoms with Crippen LogP contribution in [0.5, 0.6) is 0 Å². The Balaban J connectivity index is 2.48. The predicted octanol–water partition coefficient (Wildman–Crippen LogP) is 2.04. The highest BCUT2D eigenvalue weighted by atomic mass is 35.5. The van der Waals surface area contributed by atoms with E-state index in [-0.39, 0.29) is 0 Å². The van der Waals surface area contributed by atoms with Gasteiger partial charge in [-0.3, -0.25) is 0 Å². The minimum atomic E-state index is 0.307. The van der Waals surface area contributed by atoms with Crippen molar-refractivity contribution in [1.29, 1.82) is 0 Å². The van der Waals surface area contributed by atoms with E-state index < -0.39 is 0 Å². The lowest BCUT2D eigenvalue weighted by Crippen LogP contribution is -2.51. The Bertz CT molecular complexity index is 93.6. The molecule has 0 amide bonds. The quantitative estimate of drug-likeness (QED) is 0.545. The van der Waals surface area contributed by atoms with Crippen LogP contribution in [0.3, 0.4) is 0 Å². The molecule has 0 aromatic rings. The summed E-state index contributed by atoms with van der Waals surface area (Å²) in [6.07, 6.45) is 1.51. The predicted molar refractivity (Wildman–Crippen MR) is 38.9 cm³/mol. The molecule has 0 aromatic heterocycles. The summed E-state index contributed by atoms with van der Waals surface area (Å²) in [5.74, 6) is 0.741. The van der Waals surface area contributed by atoms with Crippen LogP contribution in [0.25, 0.3) is 0 Å². The van der Waals surface area contributed by atoms with Gasteiger partial charge in [0.1, 0.15) is 0 Å². The van der Waals surface area contributed by atoms with Crippen molar-refractivity contribution in [3.8, 4) is 0 Å². The molecule has 1 heterocycles. The summed E-state index contributed by atoms with van der Waals surface area (Å²) in [6.45, 7) is 5.12. The van der Waals surface area contributed by atoms with E-state index in [9.17, 15) is 0 Å². The van der Waals surface area contributed by atoms with E-state index in [0.29, 0.717) is 11.5 Å². The van der Waals surface area contributed by atoms with Crippen molar-refractivity contribution in [1.82, 2.24) is 0 Å². The minimum Gasteiger partial charge on any atom is -0.377 e. The van der Waals surface area contributed by atoms with Crippen molar-refractivity contribution in [3.05, 3.63) is 0 Å². The fourth-order valence-corrected chi connectivity index (χ4v) is 1.60. The molecular formula is C7H13ClO. The lowest BCUT2D eigenvalue weighted by atomic mass is 9.79. The van der Waals surface area contributed by atoms with Crippen LogP contribution in [-0.2, 0) is 4.74 Å². The molecule has 2 atom stereocenters. The molecule has 0 saturated carbocycles. The lowest BCUT2D eigenvalue weighted by molar-refractivity contribution is -0.166. The molecule has 0 N–H and O–H groups in total. The molecule has 1 rings (SSSR count). The summed E-state index contributed by atoms with van der Waals surface area (Å²) >= 11 is 5.78. The van der Waals surface area contributed by atoms with Gasteiger partial charge in [-0.1, -0.05) is 6.92 Å². The van der Waals surface area contributed by atoms with E-state index in [2.05, 4.69) is 13.8 Å². The molecular weight excluding hydrogens is 136 g/mol. The third-order valence-corrected chi connectivity index (χ3v) is 2.99. The van der Waals surface area contributed by atoms with Crippen molar-refractivity contribution in [2.75, 3.05) is 12.5 Å². The van der Waals surface area contributed by atoms with E-state index in [0.717, 1.165) is 18.9 Å². The summed E-state index contributed by atoms with van der Waals surface area (Å²) < 4.78 is 5.24. The number of hydrogen-bond donors (Lipinski definition) is 0. The van der Waals surface area contributed by atoms with Gasteiger partial charge >= 0.3 is 0 Å². The van der Waals surface area contributed by atoms with Crippen LogP contribution in [0.1, 0.15) is 20.3 Å². The average Bonchev–Trinajstić information content (AvgIpc) is 1.89. The molecule has 0 spiro atoms. The Kier molecular flexibility index (Phi) is 2.02. The van der Waals surface area contributed by atoms with Crippen molar-refractivity contribution in [2.45, 2.75) is 26.4 Å². The van der Waals surface area contributed by atoms with Crippen molar-refractivity contribution >= 4 is 11.6 Å². The van der Waals surface area contributed by atoms with Crippen LogP contribution in [0.15, 0.2) is 0 Å². The zero-order chi connectivity index (χ0) is 6.91. The van der Waals surface area contributed by atoms with Crippen LogP contribution in [0.2, 0.25) is 0 Å². The molecule has 0 aliphatic carbocycles.